The summed E-state index contributed by atoms with van der Waals surface area (Å²) in [6.07, 6.45) is -5.82. The van der Waals surface area contributed by atoms with E-state index in [0.29, 0.717) is 28.3 Å². The van der Waals surface area contributed by atoms with Crippen molar-refractivity contribution in [3.63, 3.8) is 0 Å². The summed E-state index contributed by atoms with van der Waals surface area (Å²) in [4.78, 5) is 25.2. The Labute approximate surface area is 254 Å². The lowest BCUT2D eigenvalue weighted by Gasteiger charge is -2.41. The van der Waals surface area contributed by atoms with Gasteiger partial charge >= 0.3 is 12.1 Å². The van der Waals surface area contributed by atoms with E-state index in [4.69, 9.17) is 9.47 Å². The van der Waals surface area contributed by atoms with Crippen molar-refractivity contribution in [2.75, 3.05) is 17.6 Å². The lowest BCUT2D eigenvalue weighted by atomic mass is 9.91. The van der Waals surface area contributed by atoms with Gasteiger partial charge in [0.15, 0.2) is 10.6 Å². The minimum absolute atomic E-state index is 0.0231. The predicted octanol–water partition coefficient (Wildman–Crippen LogP) is 5.41. The standard InChI is InChI=1S/C29H31F3N4O5S2/c1-16-23(15-42-28-35-34-17(2)43-28)40-26(41-24(16)19-7-5-18(14-37)6-8-19)20-9-11-21(12-10-20)33-25(38)22-4-3-13-36(22)27(39)29(30,31)32/h5-12,16,22-24,26,37H,3-4,13-15H2,1-2H3,(H,33,38)/t16-,22+,23+,24+,26+/m1/s1. The van der Waals surface area contributed by atoms with Crippen LogP contribution in [0.3, 0.4) is 0 Å². The third-order valence-corrected chi connectivity index (χ3v) is 9.57. The van der Waals surface area contributed by atoms with Crippen molar-refractivity contribution in [2.24, 2.45) is 5.92 Å². The SMILES string of the molecule is Cc1nnc(SC[C@@H]2O[C@H](c3ccc(NC(=O)[C@@H]4CCCN4C(=O)C(F)(F)F)cc3)O[C@H](c3ccc(CO)cc3)[C@@H]2C)s1. The fourth-order valence-corrected chi connectivity index (χ4v) is 7.20. The summed E-state index contributed by atoms with van der Waals surface area (Å²) in [7, 11) is 0. The first-order valence-corrected chi connectivity index (χ1v) is 15.6. The Bertz CT molecular complexity index is 1420. The topological polar surface area (TPSA) is 114 Å². The molecule has 0 aliphatic carbocycles. The molecule has 2 saturated heterocycles. The van der Waals surface area contributed by atoms with Crippen molar-refractivity contribution in [1.29, 1.82) is 0 Å². The van der Waals surface area contributed by atoms with E-state index in [9.17, 15) is 27.9 Å². The number of nitrogens with zero attached hydrogens (tertiary/aromatic N) is 3. The second kappa shape index (κ2) is 13.3. The number of aliphatic hydroxyl groups is 1. The van der Waals surface area contributed by atoms with Gasteiger partial charge in [-0.2, -0.15) is 13.2 Å². The molecule has 0 radical (unpaired) electrons. The highest BCUT2D eigenvalue weighted by atomic mass is 32.2. The number of hydrogen-bond donors (Lipinski definition) is 2. The number of aryl methyl sites for hydroxylation is 1. The van der Waals surface area contributed by atoms with Crippen molar-refractivity contribution < 1.29 is 37.3 Å². The minimum Gasteiger partial charge on any atom is -0.392 e. The van der Waals surface area contributed by atoms with E-state index in [1.165, 1.54) is 11.3 Å². The highest BCUT2D eigenvalue weighted by Gasteiger charge is 2.47. The van der Waals surface area contributed by atoms with Gasteiger partial charge in [0.25, 0.3) is 0 Å². The first-order chi connectivity index (χ1) is 20.5. The molecule has 2 N–H and O–H groups in total. The van der Waals surface area contributed by atoms with Crippen LogP contribution in [0.1, 0.15) is 53.9 Å². The number of carbonyl (C=O) groups excluding carboxylic acids is 2. The number of anilines is 1. The van der Waals surface area contributed by atoms with Gasteiger partial charge in [0, 0.05) is 29.5 Å². The number of aliphatic hydroxyl groups excluding tert-OH is 1. The molecule has 2 amide bonds. The smallest absolute Gasteiger partial charge is 0.392 e. The molecule has 5 atom stereocenters. The lowest BCUT2D eigenvalue weighted by molar-refractivity contribution is -0.268. The average molecular weight is 637 g/mol. The van der Waals surface area contributed by atoms with Crippen LogP contribution in [0.4, 0.5) is 18.9 Å². The van der Waals surface area contributed by atoms with Gasteiger partial charge in [0.05, 0.1) is 18.8 Å². The molecule has 2 fully saturated rings. The molecule has 5 rings (SSSR count). The zero-order chi connectivity index (χ0) is 30.7. The molecule has 0 bridgehead atoms. The maximum absolute atomic E-state index is 13.0. The molecule has 14 heteroatoms. The molecule has 2 aliphatic heterocycles. The Balaban J connectivity index is 1.30. The van der Waals surface area contributed by atoms with E-state index in [1.54, 1.807) is 36.0 Å². The fraction of sp³-hybridized carbons (Fsp3) is 0.448. The van der Waals surface area contributed by atoms with Crippen molar-refractivity contribution >= 4 is 40.6 Å². The van der Waals surface area contributed by atoms with Crippen LogP contribution in [0, 0.1) is 12.8 Å². The highest BCUT2D eigenvalue weighted by Crippen LogP contribution is 2.43. The molecule has 2 aliphatic rings. The van der Waals surface area contributed by atoms with Crippen molar-refractivity contribution in [3.8, 4) is 0 Å². The predicted molar refractivity (Wildman–Crippen MR) is 154 cm³/mol. The Morgan fingerprint density at radius 3 is 2.42 bits per heavy atom. The second-order valence-corrected chi connectivity index (χ2v) is 12.9. The molecule has 9 nitrogen and oxygen atoms in total. The summed E-state index contributed by atoms with van der Waals surface area (Å²) < 4.78 is 52.7. The number of amides is 2. The third-order valence-electron chi connectivity index (χ3n) is 7.51. The van der Waals surface area contributed by atoms with Crippen LogP contribution in [0.25, 0.3) is 0 Å². The maximum atomic E-state index is 13.0. The van der Waals surface area contributed by atoms with Crippen molar-refractivity contribution in [3.05, 3.63) is 70.2 Å². The number of rotatable bonds is 8. The fourth-order valence-electron chi connectivity index (χ4n) is 5.19. The van der Waals surface area contributed by atoms with Crippen LogP contribution >= 0.6 is 23.1 Å². The number of nitrogens with one attached hydrogen (secondary N) is 1. The third kappa shape index (κ3) is 7.37. The summed E-state index contributed by atoms with van der Waals surface area (Å²) in [6.45, 7) is 3.78. The van der Waals surface area contributed by atoms with E-state index in [0.717, 1.165) is 20.5 Å². The molecular weight excluding hydrogens is 605 g/mol. The van der Waals surface area contributed by atoms with E-state index in [2.05, 4.69) is 22.4 Å². The van der Waals surface area contributed by atoms with Crippen LogP contribution in [0.5, 0.6) is 0 Å². The molecule has 0 saturated carbocycles. The molecule has 0 unspecified atom stereocenters. The molecule has 43 heavy (non-hydrogen) atoms. The average Bonchev–Trinajstić information content (AvgIpc) is 3.65. The van der Waals surface area contributed by atoms with E-state index >= 15 is 0 Å². The number of ether oxygens (including phenoxy) is 2. The van der Waals surface area contributed by atoms with E-state index < -0.39 is 30.3 Å². The minimum atomic E-state index is -5.03. The van der Waals surface area contributed by atoms with Crippen molar-refractivity contribution in [1.82, 2.24) is 15.1 Å². The highest BCUT2D eigenvalue weighted by molar-refractivity contribution is 8.01. The zero-order valence-electron chi connectivity index (χ0n) is 23.4. The number of alkyl halides is 3. The Hall–Kier alpha value is -3.04. The van der Waals surface area contributed by atoms with Gasteiger partial charge in [0.1, 0.15) is 11.0 Å². The number of likely N-dealkylation sites (tertiary alicyclic amines) is 1. The van der Waals surface area contributed by atoms with Crippen LogP contribution < -0.4 is 5.32 Å². The Morgan fingerprint density at radius 2 is 1.79 bits per heavy atom. The largest absolute Gasteiger partial charge is 0.471 e. The van der Waals surface area contributed by atoms with Gasteiger partial charge in [-0.05, 0) is 43.0 Å². The molecule has 230 valence electrons. The number of carbonyl (C=O) groups is 2. The summed E-state index contributed by atoms with van der Waals surface area (Å²) >= 11 is 3.07. The quantitative estimate of drug-likeness (QED) is 0.316. The van der Waals surface area contributed by atoms with Gasteiger partial charge in [0.2, 0.25) is 5.91 Å². The molecule has 3 aromatic rings. The molecule has 0 spiro atoms. The Kier molecular flexibility index (Phi) is 9.71. The van der Waals surface area contributed by atoms with Gasteiger partial charge in [-0.1, -0.05) is 66.4 Å². The van der Waals surface area contributed by atoms with E-state index in [1.807, 2.05) is 31.2 Å². The summed E-state index contributed by atoms with van der Waals surface area (Å²) in [5.41, 5.74) is 2.80. The number of aromatic nitrogens is 2. The lowest BCUT2D eigenvalue weighted by Crippen LogP contribution is -2.48. The number of hydrogen-bond acceptors (Lipinski definition) is 9. The number of halogens is 3. The monoisotopic (exact) mass is 636 g/mol. The second-order valence-electron chi connectivity index (χ2n) is 10.5. The van der Waals surface area contributed by atoms with Crippen LogP contribution in [-0.4, -0.2) is 62.6 Å². The van der Waals surface area contributed by atoms with Crippen LogP contribution in [0.15, 0.2) is 52.9 Å². The Morgan fingerprint density at radius 1 is 1.09 bits per heavy atom. The molecule has 2 aromatic carbocycles. The summed E-state index contributed by atoms with van der Waals surface area (Å²) in [5, 5.41) is 21.2. The molecule has 1 aromatic heterocycles. The van der Waals surface area contributed by atoms with Crippen LogP contribution in [0.2, 0.25) is 0 Å². The number of thioether (sulfide) groups is 1. The summed E-state index contributed by atoms with van der Waals surface area (Å²) in [5.74, 6) is -2.08. The molecular formula is C29H31F3N4O5S2. The zero-order valence-corrected chi connectivity index (χ0v) is 25.0. The maximum Gasteiger partial charge on any atom is 0.471 e. The van der Waals surface area contributed by atoms with Crippen LogP contribution in [-0.2, 0) is 25.7 Å². The van der Waals surface area contributed by atoms with Gasteiger partial charge in [-0.25, -0.2) is 0 Å². The first-order valence-electron chi connectivity index (χ1n) is 13.8. The molecule has 3 heterocycles. The normalized spacial score (nSPS) is 24.2. The first kappa shape index (κ1) is 31.4. The number of benzene rings is 2. The van der Waals surface area contributed by atoms with Crippen molar-refractivity contribution in [2.45, 2.75) is 68.4 Å². The van der Waals surface area contributed by atoms with E-state index in [-0.39, 0.29) is 37.7 Å². The van der Waals surface area contributed by atoms with Gasteiger partial charge in [-0.15, -0.1) is 10.2 Å². The summed E-state index contributed by atoms with van der Waals surface area (Å²) in [6, 6.07) is 13.1. The van der Waals surface area contributed by atoms with Gasteiger partial charge in [-0.3, -0.25) is 9.59 Å². The van der Waals surface area contributed by atoms with Gasteiger partial charge < -0.3 is 24.8 Å².